The molecule has 0 aliphatic heterocycles. The second kappa shape index (κ2) is 56.4. The van der Waals surface area contributed by atoms with Crippen LogP contribution >= 0.6 is 63.5 Å². The van der Waals surface area contributed by atoms with Gasteiger partial charge in [0.2, 0.25) is 23.6 Å². The highest BCUT2D eigenvalue weighted by Crippen LogP contribution is 2.64. The van der Waals surface area contributed by atoms with E-state index in [1.54, 1.807) is 24.3 Å². The molecule has 0 radical (unpaired) electrons. The quantitative estimate of drug-likeness (QED) is 0.0174. The second-order valence-corrected chi connectivity index (χ2v) is 45.8. The monoisotopic (exact) mass is 1970 g/mol. The van der Waals surface area contributed by atoms with Crippen LogP contribution in [0.1, 0.15) is 115 Å². The minimum absolute atomic E-state index is 0.0602. The number of hydrazine groups is 4. The first-order valence-corrected chi connectivity index (χ1v) is 52.6. The molecule has 0 atom stereocenters. The topological polar surface area (TPSA) is 583 Å². The van der Waals surface area contributed by atoms with E-state index in [4.69, 9.17) is 86.6 Å². The summed E-state index contributed by atoms with van der Waals surface area (Å²) in [5, 5.41) is 0. The third-order valence-corrected chi connectivity index (χ3v) is 33.8. The molecule has 4 aromatic carbocycles. The molecule has 0 fully saturated rings. The Morgan fingerprint density at radius 2 is 0.449 bits per heavy atom. The number of hydrogen-bond donors (Lipinski definition) is 16. The molecule has 127 heavy (non-hydrogen) atoms. The van der Waals surface area contributed by atoms with E-state index in [9.17, 15) is 77.5 Å². The molecule has 55 heteroatoms. The molecule has 8 amide bonds. The number of benzene rings is 4. The average molecular weight is 1970 g/mol. The van der Waals surface area contributed by atoms with Crippen LogP contribution in [0.25, 0.3) is 0 Å². The van der Waals surface area contributed by atoms with Crippen LogP contribution in [0.5, 0.6) is 17.2 Å². The summed E-state index contributed by atoms with van der Waals surface area (Å²) in [6, 6.07) is 19.7. The minimum Gasteiger partial charge on any atom is -0.489 e. The zero-order chi connectivity index (χ0) is 94.8. The van der Waals surface area contributed by atoms with Gasteiger partial charge in [-0.25, -0.2) is 19.6 Å². The molecular formula is C72H126N12O35P8+8. The maximum atomic E-state index is 14.2. The Hall–Kier alpha value is -5.64. The van der Waals surface area contributed by atoms with Gasteiger partial charge in [-0.05, 0) is 110 Å². The van der Waals surface area contributed by atoms with Gasteiger partial charge in [0, 0.05) is 80.2 Å². The zero-order valence-corrected chi connectivity index (χ0v) is 81.4. The van der Waals surface area contributed by atoms with E-state index in [-0.39, 0.29) is 179 Å². The van der Waals surface area contributed by atoms with Gasteiger partial charge in [0.15, 0.2) is 50.3 Å². The smallest absolute Gasteiger partial charge is 0.423 e. The van der Waals surface area contributed by atoms with Gasteiger partial charge in [-0.1, -0.05) is 17.7 Å². The van der Waals surface area contributed by atoms with E-state index in [1.807, 2.05) is 19.1 Å². The number of carbonyl (C=O) groups excluding carboxylic acids is 8. The Morgan fingerprint density at radius 1 is 0.260 bits per heavy atom. The summed E-state index contributed by atoms with van der Waals surface area (Å²) < 4.78 is 102. The van der Waals surface area contributed by atoms with E-state index < -0.39 is 124 Å². The molecule has 0 saturated carbocycles. The van der Waals surface area contributed by atoms with Crippen molar-refractivity contribution >= 4 is 111 Å². The van der Waals surface area contributed by atoms with Gasteiger partial charge in [0.1, 0.15) is 37.1 Å². The van der Waals surface area contributed by atoms with Gasteiger partial charge >= 0.3 is 63.5 Å². The first-order valence-electron chi connectivity index (χ1n) is 38.5. The van der Waals surface area contributed by atoms with E-state index in [2.05, 4.69) is 43.4 Å². The van der Waals surface area contributed by atoms with Crippen molar-refractivity contribution in [3.8, 4) is 17.2 Å². The van der Waals surface area contributed by atoms with Crippen molar-refractivity contribution in [1.82, 2.24) is 63.0 Å². The van der Waals surface area contributed by atoms with Crippen molar-refractivity contribution in [1.29, 1.82) is 0 Å². The predicted molar refractivity (Wildman–Crippen MR) is 474 cm³/mol. The molecule has 4 rings (SSSR count). The van der Waals surface area contributed by atoms with Crippen LogP contribution < -0.4 is 57.6 Å². The zero-order valence-electron chi connectivity index (χ0n) is 74.2. The molecular weight excluding hydrogens is 1840 g/mol. The van der Waals surface area contributed by atoms with Gasteiger partial charge in [-0.2, -0.15) is 112 Å². The maximum Gasteiger partial charge on any atom is 0.423 e. The van der Waals surface area contributed by atoms with E-state index in [1.165, 1.54) is 176 Å². The molecule has 0 aliphatic rings. The third kappa shape index (κ3) is 40.8. The highest BCUT2D eigenvalue weighted by molar-refractivity contribution is 7.63. The number of ether oxygens (including phenoxy) is 3. The van der Waals surface area contributed by atoms with Crippen LogP contribution in [0, 0.1) is 6.92 Å². The highest BCUT2D eigenvalue weighted by atomic mass is 31.2. The third-order valence-electron chi connectivity index (χ3n) is 18.6. The lowest BCUT2D eigenvalue weighted by Crippen LogP contribution is -2.43. The SMILES string of the molecule is CO[P+](O)(CN(CCCC(=O)NNC(=O)c1cc(COc2cc(COc3ccc(C)cc3)cc(OCc3cc(C(=O)NNC(=O)CCCN(C[P+](O)(OC)OC)C[P+](O)(OC)OC)cc(C(=O)NNC(=O)CCCN(C[P+](O)(OC)OC)C[P+](O)(OC)OC)c3)c2)cc(C(=O)NNC(=O)CCCN(C[P+](O)(OC)OC)C[P+](O)(OC)OC)c1)C[P+](O)(OC)OC)OC. The van der Waals surface area contributed by atoms with Gasteiger partial charge in [0.25, 0.3) is 23.6 Å². The molecule has 0 aromatic heterocycles. The van der Waals surface area contributed by atoms with Crippen molar-refractivity contribution in [2.75, 3.05) is 190 Å². The van der Waals surface area contributed by atoms with Gasteiger partial charge < -0.3 is 14.2 Å². The number of carbonyl (C=O) groups is 8. The molecule has 716 valence electrons. The molecule has 16 N–H and O–H groups in total. The van der Waals surface area contributed by atoms with Gasteiger partial charge in [0.05, 0.1) is 114 Å². The molecule has 0 unspecified atom stereocenters. The first-order chi connectivity index (χ1) is 60.1. The average Bonchev–Trinajstić information content (AvgIpc) is 0.820. The Labute approximate surface area is 743 Å². The lowest BCUT2D eigenvalue weighted by atomic mass is 10.0. The molecule has 4 aromatic rings. The molecule has 0 bridgehead atoms. The van der Waals surface area contributed by atoms with Crippen molar-refractivity contribution in [2.45, 2.75) is 78.1 Å². The number of nitrogens with zero attached hydrogens (tertiary/aromatic N) is 4. The van der Waals surface area contributed by atoms with Crippen molar-refractivity contribution in [3.63, 3.8) is 0 Å². The molecule has 0 heterocycles. The standard InChI is InChI=1S/C72H118N12O35P8/c1-54-26-28-62(29-27-54)117-45-57-38-63(118-43-55-34-58(69(89)77-73-65(85)22-18-30-81(46-120(93,101-2)102-3)47-121(94,103-4)104-5)40-59(35-55)70(90)78-74-66(86)23-19-31-82(48-122(95,105-6)106-7)49-123(96,107-8)108-9)42-64(39-57)119-44-56-36-60(71(91)79-75-67(87)24-20-32-83(50-124(97,109-10)110-11)51-125(98,111-12)112-13)41-61(37-56)72(92)80-76-68(88)25-21-33-84(52-126(99,113-14)114-15)53-127(100,115-16)116-17/h26-29,34-42,93-100H,18-25,30-33,43-53H2,1-17H3/p+8. The fraction of sp³-hybridized carbons (Fsp3) is 0.556. The van der Waals surface area contributed by atoms with E-state index in [0.29, 0.717) is 11.3 Å². The number of nitrogens with one attached hydrogen (secondary N) is 8. The summed E-state index contributed by atoms with van der Waals surface area (Å²) in [6.07, 6.45) is -2.25. The van der Waals surface area contributed by atoms with E-state index >= 15 is 0 Å². The van der Waals surface area contributed by atoms with Crippen LogP contribution in [0.2, 0.25) is 0 Å². The summed E-state index contributed by atoms with van der Waals surface area (Å²) >= 11 is 0. The number of aryl methyl sites for hydroxylation is 1. The number of rotatable bonds is 61. The molecule has 0 saturated heterocycles. The Bertz CT molecular complexity index is 3590. The first kappa shape index (κ1) is 114. The maximum absolute atomic E-state index is 14.2. The summed E-state index contributed by atoms with van der Waals surface area (Å²) in [6.45, 7) is 1.24. The van der Waals surface area contributed by atoms with Gasteiger partial charge in [-0.15, -0.1) is 0 Å². The van der Waals surface area contributed by atoms with Crippen molar-refractivity contribution in [2.24, 2.45) is 0 Å². The number of hydrogen-bond acceptors (Lipinski definition) is 39. The molecule has 47 nitrogen and oxygen atoms in total. The fourth-order valence-electron chi connectivity index (χ4n) is 11.3. The summed E-state index contributed by atoms with van der Waals surface area (Å²) in [7, 11) is -7.76. The van der Waals surface area contributed by atoms with Crippen LogP contribution in [-0.4, -0.2) is 296 Å². The summed E-state index contributed by atoms with van der Waals surface area (Å²) in [4.78, 5) is 204. The van der Waals surface area contributed by atoms with Crippen molar-refractivity contribution < 1.29 is 164 Å². The van der Waals surface area contributed by atoms with Crippen LogP contribution in [0.3, 0.4) is 0 Å². The minimum atomic E-state index is -3.46. The molecule has 0 spiro atoms. The Morgan fingerprint density at radius 3 is 0.646 bits per heavy atom. The Balaban J connectivity index is 1.75. The lowest BCUT2D eigenvalue weighted by molar-refractivity contribution is -0.122. The highest BCUT2D eigenvalue weighted by Gasteiger charge is 2.52. The fourth-order valence-corrected chi connectivity index (χ4v) is 20.9. The summed E-state index contributed by atoms with van der Waals surface area (Å²) in [5.41, 5.74) is 19.7. The van der Waals surface area contributed by atoms with E-state index in [0.717, 1.165) is 5.56 Å². The lowest BCUT2D eigenvalue weighted by Gasteiger charge is -2.25. The second-order valence-electron chi connectivity index (χ2n) is 27.5. The molecule has 0 aliphatic carbocycles. The normalized spacial score (nSPS) is 12.5. The van der Waals surface area contributed by atoms with Gasteiger partial charge in [-0.3, -0.25) is 81.8 Å². The van der Waals surface area contributed by atoms with Crippen molar-refractivity contribution in [3.05, 3.63) is 123 Å². The summed E-state index contributed by atoms with van der Waals surface area (Å²) in [5.74, 6) is -5.76. The largest absolute Gasteiger partial charge is 0.489 e. The van der Waals surface area contributed by atoms with Crippen LogP contribution in [0.4, 0.5) is 0 Å². The van der Waals surface area contributed by atoms with Crippen LogP contribution in [0.15, 0.2) is 78.9 Å². The number of amides is 8. The Kier molecular flexibility index (Phi) is 50.5. The predicted octanol–water partition coefficient (Wildman–Crippen LogP) is 6.15. The van der Waals surface area contributed by atoms with Crippen LogP contribution in [-0.2, 0) is 111 Å².